The number of phenols is 1. The normalized spacial score (nSPS) is 11.2. The molecule has 0 fully saturated rings. The first-order chi connectivity index (χ1) is 14.2. The summed E-state index contributed by atoms with van der Waals surface area (Å²) in [5.74, 6) is 0.147. The Hall–Kier alpha value is -1.84. The molecule has 0 atom stereocenters. The minimum atomic E-state index is -0.0453. The number of nitrogens with one attached hydrogen (secondary N) is 1. The van der Waals surface area contributed by atoms with Crippen molar-refractivity contribution in [2.75, 3.05) is 0 Å². The van der Waals surface area contributed by atoms with Crippen LogP contribution in [-0.2, 0) is 4.79 Å². The maximum absolute atomic E-state index is 11.8. The van der Waals surface area contributed by atoms with Crippen LogP contribution in [0, 0.1) is 0 Å². The topological polar surface area (TPSA) is 61.7 Å². The molecule has 29 heavy (non-hydrogen) atoms. The van der Waals surface area contributed by atoms with Crippen molar-refractivity contribution < 1.29 is 9.90 Å². The van der Waals surface area contributed by atoms with E-state index >= 15 is 0 Å². The summed E-state index contributed by atoms with van der Waals surface area (Å²) in [6.07, 6.45) is 21.9. The molecule has 0 aliphatic rings. The molecule has 0 heterocycles. The van der Waals surface area contributed by atoms with E-state index in [-0.39, 0.29) is 11.7 Å². The second-order valence-corrected chi connectivity index (χ2v) is 8.09. The fourth-order valence-corrected chi connectivity index (χ4v) is 3.50. The summed E-state index contributed by atoms with van der Waals surface area (Å²) in [4.78, 5) is 11.8. The van der Waals surface area contributed by atoms with E-state index < -0.39 is 0 Å². The summed E-state index contributed by atoms with van der Waals surface area (Å²) in [6, 6.07) is 6.77. The average Bonchev–Trinajstić information content (AvgIpc) is 2.71. The van der Waals surface area contributed by atoms with Gasteiger partial charge >= 0.3 is 0 Å². The molecule has 0 aliphatic carbocycles. The van der Waals surface area contributed by atoms with Gasteiger partial charge in [0.25, 0.3) is 0 Å². The molecule has 1 amide bonds. The number of benzene rings is 1. The molecule has 1 aromatic rings. The molecule has 0 bridgehead atoms. The Balaban J connectivity index is 1.84. The van der Waals surface area contributed by atoms with Gasteiger partial charge in [0, 0.05) is 6.42 Å². The van der Waals surface area contributed by atoms with Crippen LogP contribution >= 0.6 is 0 Å². The van der Waals surface area contributed by atoms with Crippen molar-refractivity contribution in [2.45, 2.75) is 110 Å². The van der Waals surface area contributed by atoms with E-state index in [1.165, 1.54) is 83.5 Å². The van der Waals surface area contributed by atoms with Crippen LogP contribution in [0.4, 0.5) is 0 Å². The Morgan fingerprint density at radius 2 is 1.38 bits per heavy atom. The Morgan fingerprint density at radius 3 is 1.90 bits per heavy atom. The number of rotatable bonds is 18. The van der Waals surface area contributed by atoms with Crippen LogP contribution in [0.1, 0.15) is 115 Å². The molecule has 0 saturated heterocycles. The highest BCUT2D eigenvalue weighted by Gasteiger charge is 2.00. The quantitative estimate of drug-likeness (QED) is 0.156. The van der Waals surface area contributed by atoms with Crippen molar-refractivity contribution in [3.05, 3.63) is 29.8 Å². The van der Waals surface area contributed by atoms with Gasteiger partial charge in [0.05, 0.1) is 6.21 Å². The number of nitrogens with zero attached hydrogens (tertiary/aromatic N) is 1. The minimum Gasteiger partial charge on any atom is -0.508 e. The van der Waals surface area contributed by atoms with Crippen LogP contribution in [0.5, 0.6) is 5.75 Å². The summed E-state index contributed by atoms with van der Waals surface area (Å²) in [7, 11) is 0. The Morgan fingerprint density at radius 1 is 0.862 bits per heavy atom. The van der Waals surface area contributed by atoms with Crippen molar-refractivity contribution >= 4 is 12.1 Å². The second kappa shape index (κ2) is 18.2. The SMILES string of the molecule is CCCCCCCCCCCCCCCCCC(=O)N/N=C\c1cccc(O)c1. The molecule has 2 N–H and O–H groups in total. The molecule has 0 spiro atoms. The molecule has 0 aliphatic heterocycles. The molecule has 0 saturated carbocycles. The molecule has 4 heteroatoms. The number of phenolic OH excluding ortho intramolecular Hbond substituents is 1. The smallest absolute Gasteiger partial charge is 0.240 e. The zero-order valence-electron chi connectivity index (χ0n) is 18.5. The van der Waals surface area contributed by atoms with Gasteiger partial charge in [-0.15, -0.1) is 0 Å². The highest BCUT2D eigenvalue weighted by molar-refractivity contribution is 5.82. The van der Waals surface area contributed by atoms with Gasteiger partial charge in [0.15, 0.2) is 0 Å². The Bertz CT molecular complexity index is 558. The summed E-state index contributed by atoms with van der Waals surface area (Å²) >= 11 is 0. The van der Waals surface area contributed by atoms with Gasteiger partial charge in [-0.1, -0.05) is 109 Å². The number of unbranched alkanes of at least 4 members (excludes halogenated alkanes) is 14. The van der Waals surface area contributed by atoms with Crippen LogP contribution in [0.25, 0.3) is 0 Å². The third kappa shape index (κ3) is 15.7. The fraction of sp³-hybridized carbons (Fsp3) is 0.680. The number of aromatic hydroxyl groups is 1. The van der Waals surface area contributed by atoms with Crippen LogP contribution in [-0.4, -0.2) is 17.2 Å². The lowest BCUT2D eigenvalue weighted by atomic mass is 10.0. The molecule has 4 nitrogen and oxygen atoms in total. The van der Waals surface area contributed by atoms with Crippen molar-refractivity contribution in [1.29, 1.82) is 0 Å². The Labute approximate surface area is 178 Å². The van der Waals surface area contributed by atoms with Gasteiger partial charge in [0.1, 0.15) is 5.75 Å². The molecule has 1 rings (SSSR count). The predicted octanol–water partition coefficient (Wildman–Crippen LogP) is 7.10. The zero-order chi connectivity index (χ0) is 21.0. The molecule has 0 radical (unpaired) electrons. The standard InChI is InChI=1S/C25H42N2O2/c1-2-3-4-5-6-7-8-9-10-11-12-13-14-15-16-20-25(29)27-26-22-23-18-17-19-24(28)21-23/h17-19,21-22,28H,2-16,20H2,1H3,(H,27,29)/b26-22-. The predicted molar refractivity (Wildman–Crippen MR) is 123 cm³/mol. The van der Waals surface area contributed by atoms with Crippen molar-refractivity contribution in [1.82, 2.24) is 5.43 Å². The van der Waals surface area contributed by atoms with E-state index in [0.29, 0.717) is 6.42 Å². The van der Waals surface area contributed by atoms with Crippen LogP contribution in [0.3, 0.4) is 0 Å². The summed E-state index contributed by atoms with van der Waals surface area (Å²) in [5, 5.41) is 13.3. The first-order valence-corrected chi connectivity index (χ1v) is 11.8. The number of hydrazone groups is 1. The van der Waals surface area contributed by atoms with Crippen molar-refractivity contribution in [2.24, 2.45) is 5.10 Å². The van der Waals surface area contributed by atoms with Gasteiger partial charge in [-0.3, -0.25) is 4.79 Å². The van der Waals surface area contributed by atoms with Crippen molar-refractivity contribution in [3.8, 4) is 5.75 Å². The average molecular weight is 403 g/mol. The molecular formula is C25H42N2O2. The maximum Gasteiger partial charge on any atom is 0.240 e. The largest absolute Gasteiger partial charge is 0.508 e. The summed E-state index contributed by atoms with van der Waals surface area (Å²) in [6.45, 7) is 2.27. The Kier molecular flexibility index (Phi) is 15.8. The minimum absolute atomic E-state index is 0.0453. The number of hydrogen-bond acceptors (Lipinski definition) is 3. The monoisotopic (exact) mass is 402 g/mol. The molecule has 164 valence electrons. The molecule has 0 unspecified atom stereocenters. The van der Waals surface area contributed by atoms with Gasteiger partial charge < -0.3 is 5.11 Å². The molecule has 0 aromatic heterocycles. The lowest BCUT2D eigenvalue weighted by Crippen LogP contribution is -2.16. The van der Waals surface area contributed by atoms with Gasteiger partial charge in [-0.05, 0) is 24.1 Å². The number of hydrogen-bond donors (Lipinski definition) is 2. The third-order valence-corrected chi connectivity index (χ3v) is 5.28. The fourth-order valence-electron chi connectivity index (χ4n) is 3.50. The van der Waals surface area contributed by atoms with E-state index in [1.807, 2.05) is 6.07 Å². The highest BCUT2D eigenvalue weighted by atomic mass is 16.3. The van der Waals surface area contributed by atoms with Crippen LogP contribution < -0.4 is 5.43 Å². The second-order valence-electron chi connectivity index (χ2n) is 8.09. The van der Waals surface area contributed by atoms with Gasteiger partial charge in [-0.25, -0.2) is 5.43 Å². The van der Waals surface area contributed by atoms with Crippen LogP contribution in [0.2, 0.25) is 0 Å². The van der Waals surface area contributed by atoms with E-state index in [1.54, 1.807) is 24.4 Å². The third-order valence-electron chi connectivity index (χ3n) is 5.28. The number of carbonyl (C=O) groups excluding carboxylic acids is 1. The maximum atomic E-state index is 11.8. The number of carbonyl (C=O) groups is 1. The number of amides is 1. The summed E-state index contributed by atoms with van der Waals surface area (Å²) in [5.41, 5.74) is 3.31. The van der Waals surface area contributed by atoms with E-state index in [2.05, 4.69) is 17.5 Å². The zero-order valence-corrected chi connectivity index (χ0v) is 18.5. The van der Waals surface area contributed by atoms with Gasteiger partial charge in [-0.2, -0.15) is 5.10 Å². The van der Waals surface area contributed by atoms with Gasteiger partial charge in [0.2, 0.25) is 5.91 Å². The van der Waals surface area contributed by atoms with E-state index in [4.69, 9.17) is 0 Å². The van der Waals surface area contributed by atoms with E-state index in [9.17, 15) is 9.90 Å². The first-order valence-electron chi connectivity index (χ1n) is 11.8. The van der Waals surface area contributed by atoms with E-state index in [0.717, 1.165) is 18.4 Å². The highest BCUT2D eigenvalue weighted by Crippen LogP contribution is 2.13. The summed E-state index contributed by atoms with van der Waals surface area (Å²) < 4.78 is 0. The molecule has 1 aromatic carbocycles. The van der Waals surface area contributed by atoms with Crippen molar-refractivity contribution in [3.63, 3.8) is 0 Å². The molecular weight excluding hydrogens is 360 g/mol. The lowest BCUT2D eigenvalue weighted by Gasteiger charge is -2.03. The first kappa shape index (κ1) is 25.2. The van der Waals surface area contributed by atoms with Crippen LogP contribution in [0.15, 0.2) is 29.4 Å². The lowest BCUT2D eigenvalue weighted by molar-refractivity contribution is -0.121.